The summed E-state index contributed by atoms with van der Waals surface area (Å²) in [5.74, 6) is 0. The second-order valence-corrected chi connectivity index (χ2v) is 6.80. The van der Waals surface area contributed by atoms with E-state index in [1.807, 2.05) is 12.3 Å². The van der Waals surface area contributed by atoms with E-state index in [4.69, 9.17) is 0 Å². The third kappa shape index (κ3) is 3.41. The molecule has 0 N–H and O–H groups in total. The fraction of sp³-hybridized carbons (Fsp3) is 0.316. The fourth-order valence-corrected chi connectivity index (χ4v) is 3.43. The van der Waals surface area contributed by atoms with Gasteiger partial charge in [0.1, 0.15) is 0 Å². The Kier molecular flexibility index (Phi) is 4.63. The van der Waals surface area contributed by atoms with Crippen LogP contribution in [0.5, 0.6) is 0 Å². The lowest BCUT2D eigenvalue weighted by Crippen LogP contribution is -2.17. The number of halogens is 1. The molecular formula is C19H21BrN2. The number of hydrogen-bond acceptors (Lipinski definition) is 2. The normalized spacial score (nSPS) is 15.0. The molecule has 3 rings (SSSR count). The van der Waals surface area contributed by atoms with Crippen molar-refractivity contribution in [2.45, 2.75) is 26.7 Å². The standard InChI is InChI=1S/C19H21BrN2/c1-14-5-8-19(18(20)11-14)21-13-16-6-7-17(12-15(16)2)22-9-3-4-10-22/h5-8,11-13H,3-4,9-10H2,1-2H3. The summed E-state index contributed by atoms with van der Waals surface area (Å²) in [7, 11) is 0. The van der Waals surface area contributed by atoms with Gasteiger partial charge in [0.15, 0.2) is 0 Å². The van der Waals surface area contributed by atoms with Crippen LogP contribution in [0.2, 0.25) is 0 Å². The molecule has 1 heterocycles. The highest BCUT2D eigenvalue weighted by molar-refractivity contribution is 9.10. The van der Waals surface area contributed by atoms with Crippen LogP contribution in [0.1, 0.15) is 29.5 Å². The van der Waals surface area contributed by atoms with Gasteiger partial charge in [-0.1, -0.05) is 12.1 Å². The molecule has 0 aliphatic carbocycles. The van der Waals surface area contributed by atoms with Crippen molar-refractivity contribution >= 4 is 33.5 Å². The zero-order valence-electron chi connectivity index (χ0n) is 13.1. The second-order valence-electron chi connectivity index (χ2n) is 5.95. The minimum absolute atomic E-state index is 0.966. The Morgan fingerprint density at radius 3 is 2.50 bits per heavy atom. The van der Waals surface area contributed by atoms with Crippen molar-refractivity contribution in [3.05, 3.63) is 57.6 Å². The summed E-state index contributed by atoms with van der Waals surface area (Å²) in [4.78, 5) is 7.08. The number of nitrogens with zero attached hydrogens (tertiary/aromatic N) is 2. The second kappa shape index (κ2) is 6.66. The van der Waals surface area contributed by atoms with Crippen LogP contribution in [-0.4, -0.2) is 19.3 Å². The van der Waals surface area contributed by atoms with E-state index in [1.165, 1.54) is 48.3 Å². The third-order valence-electron chi connectivity index (χ3n) is 4.17. The lowest BCUT2D eigenvalue weighted by molar-refractivity contribution is 0.949. The number of aliphatic imine (C=N–C) groups is 1. The van der Waals surface area contributed by atoms with Crippen LogP contribution in [-0.2, 0) is 0 Å². The number of hydrogen-bond donors (Lipinski definition) is 0. The van der Waals surface area contributed by atoms with Crippen LogP contribution in [0.25, 0.3) is 0 Å². The average molecular weight is 357 g/mol. The minimum atomic E-state index is 0.966. The highest BCUT2D eigenvalue weighted by Gasteiger charge is 2.12. The van der Waals surface area contributed by atoms with Gasteiger partial charge in [-0.25, -0.2) is 0 Å². The first-order chi connectivity index (χ1) is 10.6. The molecular weight excluding hydrogens is 336 g/mol. The molecule has 0 atom stereocenters. The van der Waals surface area contributed by atoms with Crippen molar-refractivity contribution in [3.8, 4) is 0 Å². The summed E-state index contributed by atoms with van der Waals surface area (Å²) in [6.45, 7) is 6.61. The van der Waals surface area contributed by atoms with Crippen molar-refractivity contribution in [1.29, 1.82) is 0 Å². The van der Waals surface area contributed by atoms with Gasteiger partial charge in [0, 0.05) is 29.5 Å². The fourth-order valence-electron chi connectivity index (χ4n) is 2.83. The Morgan fingerprint density at radius 2 is 1.82 bits per heavy atom. The summed E-state index contributed by atoms with van der Waals surface area (Å²) in [6.07, 6.45) is 4.58. The molecule has 2 aromatic carbocycles. The Bertz CT molecular complexity index is 701. The highest BCUT2D eigenvalue weighted by Crippen LogP contribution is 2.27. The van der Waals surface area contributed by atoms with E-state index in [1.54, 1.807) is 0 Å². The van der Waals surface area contributed by atoms with Gasteiger partial charge in [-0.3, -0.25) is 4.99 Å². The van der Waals surface area contributed by atoms with Gasteiger partial charge >= 0.3 is 0 Å². The molecule has 0 amide bonds. The van der Waals surface area contributed by atoms with Gasteiger partial charge < -0.3 is 4.90 Å². The molecule has 0 bridgehead atoms. The average Bonchev–Trinajstić information content (AvgIpc) is 3.02. The van der Waals surface area contributed by atoms with Crippen LogP contribution < -0.4 is 4.90 Å². The molecule has 2 aromatic rings. The maximum Gasteiger partial charge on any atom is 0.0772 e. The third-order valence-corrected chi connectivity index (χ3v) is 4.81. The van der Waals surface area contributed by atoms with Crippen molar-refractivity contribution in [3.63, 3.8) is 0 Å². The lowest BCUT2D eigenvalue weighted by Gasteiger charge is -2.18. The molecule has 1 aliphatic heterocycles. The molecule has 1 saturated heterocycles. The topological polar surface area (TPSA) is 15.6 Å². The summed E-state index contributed by atoms with van der Waals surface area (Å²) < 4.78 is 1.04. The molecule has 1 aliphatic rings. The summed E-state index contributed by atoms with van der Waals surface area (Å²) in [6, 6.07) is 12.9. The zero-order chi connectivity index (χ0) is 15.5. The molecule has 22 heavy (non-hydrogen) atoms. The number of anilines is 1. The Hall–Kier alpha value is -1.61. The first kappa shape index (κ1) is 15.3. The smallest absolute Gasteiger partial charge is 0.0772 e. The van der Waals surface area contributed by atoms with E-state index in [-0.39, 0.29) is 0 Å². The lowest BCUT2D eigenvalue weighted by atomic mass is 10.1. The Balaban J connectivity index is 1.81. The number of rotatable bonds is 3. The van der Waals surface area contributed by atoms with E-state index in [0.717, 1.165) is 10.2 Å². The number of benzene rings is 2. The summed E-state index contributed by atoms with van der Waals surface area (Å²) in [5.41, 5.74) is 5.99. The molecule has 0 saturated carbocycles. The molecule has 2 nitrogen and oxygen atoms in total. The maximum absolute atomic E-state index is 4.62. The quantitative estimate of drug-likeness (QED) is 0.670. The Morgan fingerprint density at radius 1 is 1.05 bits per heavy atom. The minimum Gasteiger partial charge on any atom is -0.372 e. The van der Waals surface area contributed by atoms with Crippen LogP contribution in [0.3, 0.4) is 0 Å². The summed E-state index contributed by atoms with van der Waals surface area (Å²) in [5, 5.41) is 0. The van der Waals surface area contributed by atoms with Gasteiger partial charge in [0.05, 0.1) is 5.69 Å². The molecule has 0 radical (unpaired) electrons. The van der Waals surface area contributed by atoms with Gasteiger partial charge in [-0.15, -0.1) is 0 Å². The zero-order valence-corrected chi connectivity index (χ0v) is 14.7. The highest BCUT2D eigenvalue weighted by atomic mass is 79.9. The maximum atomic E-state index is 4.62. The first-order valence-corrected chi connectivity index (χ1v) is 8.58. The van der Waals surface area contributed by atoms with Crippen molar-refractivity contribution < 1.29 is 0 Å². The van der Waals surface area contributed by atoms with Crippen molar-refractivity contribution in [1.82, 2.24) is 0 Å². The molecule has 1 fully saturated rings. The Labute approximate surface area is 141 Å². The van der Waals surface area contributed by atoms with E-state index < -0.39 is 0 Å². The van der Waals surface area contributed by atoms with Gasteiger partial charge in [-0.05, 0) is 83.6 Å². The van der Waals surface area contributed by atoms with Crippen LogP contribution >= 0.6 is 15.9 Å². The SMILES string of the molecule is Cc1ccc(N=Cc2ccc(N3CCCC3)cc2C)c(Br)c1. The van der Waals surface area contributed by atoms with Crippen molar-refractivity contribution in [2.75, 3.05) is 18.0 Å². The monoisotopic (exact) mass is 356 g/mol. The molecule has 0 unspecified atom stereocenters. The predicted octanol–water partition coefficient (Wildman–Crippen LogP) is 5.42. The number of aryl methyl sites for hydroxylation is 2. The molecule has 0 spiro atoms. The first-order valence-electron chi connectivity index (χ1n) is 7.79. The molecule has 114 valence electrons. The van der Waals surface area contributed by atoms with Crippen LogP contribution in [0.4, 0.5) is 11.4 Å². The summed E-state index contributed by atoms with van der Waals surface area (Å²) >= 11 is 3.58. The molecule has 3 heteroatoms. The van der Waals surface area contributed by atoms with E-state index >= 15 is 0 Å². The van der Waals surface area contributed by atoms with Crippen LogP contribution in [0, 0.1) is 13.8 Å². The van der Waals surface area contributed by atoms with E-state index in [0.29, 0.717) is 0 Å². The van der Waals surface area contributed by atoms with Gasteiger partial charge in [0.2, 0.25) is 0 Å². The van der Waals surface area contributed by atoms with Crippen molar-refractivity contribution in [2.24, 2.45) is 4.99 Å². The van der Waals surface area contributed by atoms with E-state index in [2.05, 4.69) is 70.0 Å². The molecule has 0 aromatic heterocycles. The van der Waals surface area contributed by atoms with Gasteiger partial charge in [0.25, 0.3) is 0 Å². The van der Waals surface area contributed by atoms with Crippen LogP contribution in [0.15, 0.2) is 45.9 Å². The predicted molar refractivity (Wildman–Crippen MR) is 98.8 cm³/mol. The van der Waals surface area contributed by atoms with E-state index in [9.17, 15) is 0 Å². The van der Waals surface area contributed by atoms with Gasteiger partial charge in [-0.2, -0.15) is 0 Å². The largest absolute Gasteiger partial charge is 0.372 e.